The summed E-state index contributed by atoms with van der Waals surface area (Å²) < 4.78 is 5.48. The number of piperidine rings is 1. The number of hydrogen-bond donors (Lipinski definition) is 1. The highest BCUT2D eigenvalue weighted by atomic mass is 16.6. The number of urea groups is 1. The molecule has 2 aliphatic rings. The maximum atomic E-state index is 12.7. The number of hydrogen-bond acceptors (Lipinski definition) is 4. The molecule has 1 N–H and O–H groups in total. The Morgan fingerprint density at radius 3 is 2.64 bits per heavy atom. The summed E-state index contributed by atoms with van der Waals surface area (Å²) in [6.45, 7) is 7.48. The number of fused-ring (bicyclic) bond motifs is 1. The molecule has 3 heterocycles. The van der Waals surface area contributed by atoms with Crippen molar-refractivity contribution in [3.05, 3.63) is 24.5 Å². The van der Waals surface area contributed by atoms with Gasteiger partial charge in [0.1, 0.15) is 5.60 Å². The van der Waals surface area contributed by atoms with Crippen LogP contribution in [0.15, 0.2) is 24.5 Å². The average molecular weight is 346 g/mol. The zero-order chi connectivity index (χ0) is 18.0. The van der Waals surface area contributed by atoms with Crippen molar-refractivity contribution in [1.29, 1.82) is 0 Å². The van der Waals surface area contributed by atoms with E-state index in [9.17, 15) is 9.59 Å². The first-order valence-electron chi connectivity index (χ1n) is 8.79. The van der Waals surface area contributed by atoms with E-state index in [4.69, 9.17) is 4.74 Å². The van der Waals surface area contributed by atoms with Gasteiger partial charge in [-0.3, -0.25) is 4.98 Å². The Kier molecular flexibility index (Phi) is 4.83. The van der Waals surface area contributed by atoms with Gasteiger partial charge in [0, 0.05) is 37.7 Å². The van der Waals surface area contributed by atoms with Crippen LogP contribution in [0.3, 0.4) is 0 Å². The molecule has 2 atom stereocenters. The molecule has 0 aliphatic carbocycles. The van der Waals surface area contributed by atoms with Gasteiger partial charge in [-0.1, -0.05) is 0 Å². The lowest BCUT2D eigenvalue weighted by atomic mass is 9.92. The number of aromatic nitrogens is 1. The minimum Gasteiger partial charge on any atom is -0.444 e. The SMILES string of the molecule is CC(C)(C)OC(=O)N1C[C@@H]2CCCN(C(=O)Nc3ccncc3)[C@@H]2C1. The number of anilines is 1. The molecule has 7 nitrogen and oxygen atoms in total. The van der Waals surface area contributed by atoms with Crippen LogP contribution in [-0.2, 0) is 4.74 Å². The van der Waals surface area contributed by atoms with Gasteiger partial charge in [0.2, 0.25) is 0 Å². The van der Waals surface area contributed by atoms with Gasteiger partial charge in [-0.25, -0.2) is 9.59 Å². The van der Waals surface area contributed by atoms with Crippen LogP contribution in [-0.4, -0.2) is 58.2 Å². The maximum absolute atomic E-state index is 12.7. The van der Waals surface area contributed by atoms with Crippen molar-refractivity contribution >= 4 is 17.8 Å². The number of amides is 3. The molecule has 0 spiro atoms. The topological polar surface area (TPSA) is 74.8 Å². The van der Waals surface area contributed by atoms with E-state index >= 15 is 0 Å². The van der Waals surface area contributed by atoms with E-state index in [1.165, 1.54) is 0 Å². The third kappa shape index (κ3) is 4.21. The number of carbonyl (C=O) groups is 2. The van der Waals surface area contributed by atoms with Crippen LogP contribution in [0.4, 0.5) is 15.3 Å². The first-order valence-corrected chi connectivity index (χ1v) is 8.79. The Morgan fingerprint density at radius 2 is 1.96 bits per heavy atom. The second-order valence-electron chi connectivity index (χ2n) is 7.71. The van der Waals surface area contributed by atoms with Crippen LogP contribution in [0, 0.1) is 5.92 Å². The molecule has 136 valence electrons. The lowest BCUT2D eigenvalue weighted by Crippen LogP contribution is -2.50. The average Bonchev–Trinajstić information content (AvgIpc) is 2.98. The second kappa shape index (κ2) is 6.90. The molecule has 3 amide bonds. The molecule has 7 heteroatoms. The Labute approximate surface area is 148 Å². The molecule has 1 aromatic rings. The number of nitrogens with one attached hydrogen (secondary N) is 1. The zero-order valence-electron chi connectivity index (χ0n) is 15.1. The van der Waals surface area contributed by atoms with E-state index in [0.717, 1.165) is 18.5 Å². The van der Waals surface area contributed by atoms with Crippen LogP contribution >= 0.6 is 0 Å². The molecule has 0 saturated carbocycles. The van der Waals surface area contributed by atoms with E-state index in [1.54, 1.807) is 29.4 Å². The molecular formula is C18H26N4O3. The molecule has 2 fully saturated rings. The Hall–Kier alpha value is -2.31. The lowest BCUT2D eigenvalue weighted by Gasteiger charge is -2.36. The normalized spacial score (nSPS) is 23.2. The Morgan fingerprint density at radius 1 is 1.24 bits per heavy atom. The van der Waals surface area contributed by atoms with E-state index in [2.05, 4.69) is 10.3 Å². The van der Waals surface area contributed by atoms with Crippen molar-refractivity contribution in [3.63, 3.8) is 0 Å². The van der Waals surface area contributed by atoms with Crippen molar-refractivity contribution in [2.75, 3.05) is 25.0 Å². The molecule has 2 aliphatic heterocycles. The number of rotatable bonds is 1. The zero-order valence-corrected chi connectivity index (χ0v) is 15.1. The fraction of sp³-hybridized carbons (Fsp3) is 0.611. The number of carbonyl (C=O) groups excluding carboxylic acids is 2. The maximum Gasteiger partial charge on any atom is 0.410 e. The summed E-state index contributed by atoms with van der Waals surface area (Å²) in [7, 11) is 0. The van der Waals surface area contributed by atoms with Crippen LogP contribution in [0.5, 0.6) is 0 Å². The summed E-state index contributed by atoms with van der Waals surface area (Å²) in [5.41, 5.74) is 0.215. The van der Waals surface area contributed by atoms with Gasteiger partial charge in [-0.15, -0.1) is 0 Å². The summed E-state index contributed by atoms with van der Waals surface area (Å²) >= 11 is 0. The summed E-state index contributed by atoms with van der Waals surface area (Å²) in [5, 5.41) is 2.92. The number of ether oxygens (including phenoxy) is 1. The van der Waals surface area contributed by atoms with Crippen LogP contribution < -0.4 is 5.32 Å². The molecule has 0 bridgehead atoms. The van der Waals surface area contributed by atoms with Gasteiger partial charge in [-0.2, -0.15) is 0 Å². The predicted molar refractivity (Wildman–Crippen MR) is 94.3 cm³/mol. The minimum absolute atomic E-state index is 0.0445. The highest BCUT2D eigenvalue weighted by molar-refractivity contribution is 5.89. The Bertz CT molecular complexity index is 629. The summed E-state index contributed by atoms with van der Waals surface area (Å²) in [6.07, 6.45) is 4.98. The van der Waals surface area contributed by atoms with Crippen molar-refractivity contribution in [1.82, 2.24) is 14.8 Å². The highest BCUT2D eigenvalue weighted by Crippen LogP contribution is 2.31. The lowest BCUT2D eigenvalue weighted by molar-refractivity contribution is 0.0282. The van der Waals surface area contributed by atoms with Gasteiger partial charge >= 0.3 is 12.1 Å². The summed E-state index contributed by atoms with van der Waals surface area (Å²) in [4.78, 5) is 32.6. The van der Waals surface area contributed by atoms with Gasteiger partial charge in [0.25, 0.3) is 0 Å². The van der Waals surface area contributed by atoms with E-state index < -0.39 is 5.60 Å². The van der Waals surface area contributed by atoms with E-state index in [-0.39, 0.29) is 18.2 Å². The van der Waals surface area contributed by atoms with Crippen molar-refractivity contribution in [2.24, 2.45) is 5.92 Å². The second-order valence-corrected chi connectivity index (χ2v) is 7.71. The van der Waals surface area contributed by atoms with Gasteiger partial charge in [0.15, 0.2) is 0 Å². The van der Waals surface area contributed by atoms with Crippen molar-refractivity contribution in [2.45, 2.75) is 45.3 Å². The van der Waals surface area contributed by atoms with Gasteiger partial charge in [-0.05, 0) is 51.7 Å². The largest absolute Gasteiger partial charge is 0.444 e. The predicted octanol–water partition coefficient (Wildman–Crippen LogP) is 2.94. The molecule has 1 aromatic heterocycles. The van der Waals surface area contributed by atoms with Crippen LogP contribution in [0.25, 0.3) is 0 Å². The van der Waals surface area contributed by atoms with Gasteiger partial charge < -0.3 is 19.9 Å². The molecular weight excluding hydrogens is 320 g/mol. The molecule has 2 saturated heterocycles. The highest BCUT2D eigenvalue weighted by Gasteiger charge is 2.43. The standard InChI is InChI=1S/C18H26N4O3/c1-18(2,3)25-17(24)21-11-13-5-4-10-22(15(13)12-21)16(23)20-14-6-8-19-9-7-14/h6-9,13,15H,4-5,10-12H2,1-3H3,(H,19,20,23)/t13-,15+/m0/s1. The number of nitrogens with zero attached hydrogens (tertiary/aromatic N) is 3. The minimum atomic E-state index is -0.511. The van der Waals surface area contributed by atoms with Gasteiger partial charge in [0.05, 0.1) is 6.04 Å². The van der Waals surface area contributed by atoms with E-state index in [1.807, 2.05) is 25.7 Å². The molecule has 0 radical (unpaired) electrons. The monoisotopic (exact) mass is 346 g/mol. The van der Waals surface area contributed by atoms with Crippen LogP contribution in [0.1, 0.15) is 33.6 Å². The first-order chi connectivity index (χ1) is 11.8. The fourth-order valence-electron chi connectivity index (χ4n) is 3.54. The summed E-state index contributed by atoms with van der Waals surface area (Å²) in [6, 6.07) is 3.46. The quantitative estimate of drug-likeness (QED) is 0.848. The summed E-state index contributed by atoms with van der Waals surface area (Å²) in [5.74, 6) is 0.310. The third-order valence-corrected chi connectivity index (χ3v) is 4.62. The number of likely N-dealkylation sites (tertiary alicyclic amines) is 2. The molecule has 3 rings (SSSR count). The fourth-order valence-corrected chi connectivity index (χ4v) is 3.54. The Balaban J connectivity index is 1.65. The smallest absolute Gasteiger partial charge is 0.410 e. The van der Waals surface area contributed by atoms with Crippen molar-refractivity contribution in [3.8, 4) is 0 Å². The molecule has 0 unspecified atom stereocenters. The first kappa shape index (κ1) is 17.5. The molecule has 0 aromatic carbocycles. The van der Waals surface area contributed by atoms with Crippen LogP contribution in [0.2, 0.25) is 0 Å². The van der Waals surface area contributed by atoms with Crippen molar-refractivity contribution < 1.29 is 14.3 Å². The third-order valence-electron chi connectivity index (χ3n) is 4.62. The number of pyridine rings is 1. The van der Waals surface area contributed by atoms with E-state index in [0.29, 0.717) is 25.6 Å². The molecule has 25 heavy (non-hydrogen) atoms.